The molecule has 5 nitrogen and oxygen atoms in total. The van der Waals surface area contributed by atoms with Gasteiger partial charge in [-0.15, -0.1) is 0 Å². The van der Waals surface area contributed by atoms with Crippen LogP contribution >= 0.6 is 15.9 Å². The van der Waals surface area contributed by atoms with Crippen molar-refractivity contribution >= 4 is 28.1 Å². The van der Waals surface area contributed by atoms with Gasteiger partial charge in [-0.05, 0) is 60.5 Å². The molecular weight excluding hydrogens is 384 g/mol. The first kappa shape index (κ1) is 19.0. The van der Waals surface area contributed by atoms with Gasteiger partial charge in [-0.25, -0.2) is 5.43 Å². The van der Waals surface area contributed by atoms with E-state index in [9.17, 15) is 4.79 Å². The average Bonchev–Trinajstić information content (AvgIpc) is 2.63. The van der Waals surface area contributed by atoms with Gasteiger partial charge in [0.1, 0.15) is 11.5 Å². The van der Waals surface area contributed by atoms with Crippen LogP contribution in [-0.2, 0) is 4.79 Å². The first-order valence-electron chi connectivity index (χ1n) is 8.10. The van der Waals surface area contributed by atoms with Crippen molar-refractivity contribution in [3.63, 3.8) is 0 Å². The van der Waals surface area contributed by atoms with Crippen molar-refractivity contribution in [1.29, 1.82) is 0 Å². The van der Waals surface area contributed by atoms with Crippen LogP contribution in [0, 0.1) is 0 Å². The molecule has 0 unspecified atom stereocenters. The van der Waals surface area contributed by atoms with Gasteiger partial charge in [0.05, 0.1) is 12.8 Å². The van der Waals surface area contributed by atoms with E-state index in [0.29, 0.717) is 5.75 Å². The Morgan fingerprint density at radius 1 is 1.08 bits per heavy atom. The zero-order valence-electron chi connectivity index (χ0n) is 14.1. The van der Waals surface area contributed by atoms with Gasteiger partial charge in [0, 0.05) is 4.47 Å². The van der Waals surface area contributed by atoms with Crippen LogP contribution in [0.15, 0.2) is 58.1 Å². The first-order valence-corrected chi connectivity index (χ1v) is 8.90. The number of nitrogens with one attached hydrogen (secondary N) is 1. The van der Waals surface area contributed by atoms with E-state index in [2.05, 4.69) is 33.4 Å². The third-order valence-electron chi connectivity index (χ3n) is 3.23. The van der Waals surface area contributed by atoms with Gasteiger partial charge in [-0.1, -0.05) is 29.3 Å². The monoisotopic (exact) mass is 404 g/mol. The molecule has 0 aliphatic rings. The number of nitrogens with zero attached hydrogens (tertiary/aromatic N) is 1. The Bertz CT molecular complexity index is 685. The van der Waals surface area contributed by atoms with E-state index in [1.54, 1.807) is 18.3 Å². The highest BCUT2D eigenvalue weighted by molar-refractivity contribution is 9.10. The van der Waals surface area contributed by atoms with Crippen molar-refractivity contribution in [2.75, 3.05) is 13.2 Å². The summed E-state index contributed by atoms with van der Waals surface area (Å²) in [5.74, 6) is 1.14. The molecular formula is C19H21BrN2O3. The molecule has 2 aromatic rings. The summed E-state index contributed by atoms with van der Waals surface area (Å²) in [6.45, 7) is 2.75. The van der Waals surface area contributed by atoms with E-state index in [4.69, 9.17) is 9.47 Å². The topological polar surface area (TPSA) is 59.9 Å². The smallest absolute Gasteiger partial charge is 0.277 e. The summed E-state index contributed by atoms with van der Waals surface area (Å²) < 4.78 is 11.9. The number of carbonyl (C=O) groups is 1. The number of unbranched alkanes of at least 4 members (excludes halogenated alkanes) is 1. The fourth-order valence-electron chi connectivity index (χ4n) is 1.88. The number of ether oxygens (including phenoxy) is 2. The number of carbonyl (C=O) groups excluding carboxylic acids is 1. The molecule has 0 aromatic heterocycles. The molecule has 0 saturated carbocycles. The molecule has 0 aliphatic carbocycles. The van der Waals surface area contributed by atoms with Gasteiger partial charge in [0.25, 0.3) is 5.91 Å². The van der Waals surface area contributed by atoms with E-state index in [-0.39, 0.29) is 12.5 Å². The Labute approximate surface area is 156 Å². The van der Waals surface area contributed by atoms with Crippen molar-refractivity contribution in [3.8, 4) is 11.5 Å². The lowest BCUT2D eigenvalue weighted by Crippen LogP contribution is -2.24. The van der Waals surface area contributed by atoms with Gasteiger partial charge in [-0.2, -0.15) is 5.10 Å². The summed E-state index contributed by atoms with van der Waals surface area (Å²) in [6.07, 6.45) is 3.72. The van der Waals surface area contributed by atoms with Crippen LogP contribution in [0.1, 0.15) is 25.3 Å². The molecule has 1 N–H and O–H groups in total. The number of hydrogen-bond donors (Lipinski definition) is 1. The zero-order valence-corrected chi connectivity index (χ0v) is 15.7. The minimum absolute atomic E-state index is 0.0941. The van der Waals surface area contributed by atoms with Crippen molar-refractivity contribution in [2.24, 2.45) is 5.10 Å². The predicted octanol–water partition coefficient (Wildman–Crippen LogP) is 4.16. The lowest BCUT2D eigenvalue weighted by molar-refractivity contribution is -0.123. The van der Waals surface area contributed by atoms with E-state index in [0.717, 1.165) is 35.2 Å². The molecule has 0 aliphatic heterocycles. The van der Waals surface area contributed by atoms with Crippen LogP contribution in [0.2, 0.25) is 0 Å². The largest absolute Gasteiger partial charge is 0.494 e. The Balaban J connectivity index is 1.72. The van der Waals surface area contributed by atoms with Crippen LogP contribution in [0.5, 0.6) is 11.5 Å². The van der Waals surface area contributed by atoms with Crippen molar-refractivity contribution in [3.05, 3.63) is 58.6 Å². The number of hydrogen-bond acceptors (Lipinski definition) is 4. The highest BCUT2D eigenvalue weighted by atomic mass is 79.9. The lowest BCUT2D eigenvalue weighted by Gasteiger charge is -2.05. The molecule has 1 amide bonds. The Morgan fingerprint density at radius 2 is 1.72 bits per heavy atom. The number of rotatable bonds is 9. The third-order valence-corrected chi connectivity index (χ3v) is 3.76. The zero-order chi connectivity index (χ0) is 17.9. The summed E-state index contributed by atoms with van der Waals surface area (Å²) >= 11 is 3.34. The standard InChI is InChI=1S/C19H21BrN2O3/c1-2-3-12-24-17-8-4-15(5-9-17)13-21-22-19(23)14-25-18-10-6-16(20)7-11-18/h4-11,13H,2-3,12,14H2,1H3,(H,22,23). The van der Waals surface area contributed by atoms with Crippen LogP contribution in [0.3, 0.4) is 0 Å². The van der Waals surface area contributed by atoms with Crippen molar-refractivity contribution in [2.45, 2.75) is 19.8 Å². The molecule has 6 heteroatoms. The molecule has 0 bridgehead atoms. The summed E-state index contributed by atoms with van der Waals surface area (Å²) in [5.41, 5.74) is 3.31. The van der Waals surface area contributed by atoms with Gasteiger partial charge in [0.2, 0.25) is 0 Å². The molecule has 0 heterocycles. The minimum atomic E-state index is -0.321. The van der Waals surface area contributed by atoms with Crippen LogP contribution < -0.4 is 14.9 Å². The van der Waals surface area contributed by atoms with E-state index >= 15 is 0 Å². The molecule has 2 aromatic carbocycles. The molecule has 0 saturated heterocycles. The van der Waals surface area contributed by atoms with Gasteiger partial charge < -0.3 is 9.47 Å². The normalized spacial score (nSPS) is 10.6. The number of amides is 1. The van der Waals surface area contributed by atoms with Crippen LogP contribution in [0.4, 0.5) is 0 Å². The minimum Gasteiger partial charge on any atom is -0.494 e. The van der Waals surface area contributed by atoms with Crippen molar-refractivity contribution < 1.29 is 14.3 Å². The summed E-state index contributed by atoms with van der Waals surface area (Å²) in [7, 11) is 0. The second kappa shape index (κ2) is 10.5. The molecule has 0 atom stereocenters. The quantitative estimate of drug-likeness (QED) is 0.387. The van der Waals surface area contributed by atoms with Gasteiger partial charge >= 0.3 is 0 Å². The summed E-state index contributed by atoms with van der Waals surface area (Å²) in [5, 5.41) is 3.92. The fourth-order valence-corrected chi connectivity index (χ4v) is 2.14. The SMILES string of the molecule is CCCCOc1ccc(C=NNC(=O)COc2ccc(Br)cc2)cc1. The Hall–Kier alpha value is -2.34. The molecule has 0 radical (unpaired) electrons. The van der Waals surface area contributed by atoms with E-state index in [1.165, 1.54) is 0 Å². The van der Waals surface area contributed by atoms with E-state index < -0.39 is 0 Å². The molecule has 132 valence electrons. The average molecular weight is 405 g/mol. The summed E-state index contributed by atoms with van der Waals surface area (Å²) in [4.78, 5) is 11.7. The number of hydrazone groups is 1. The molecule has 0 spiro atoms. The number of halogens is 1. The second-order valence-corrected chi connectivity index (χ2v) is 6.22. The predicted molar refractivity (Wildman–Crippen MR) is 102 cm³/mol. The molecule has 25 heavy (non-hydrogen) atoms. The Morgan fingerprint density at radius 3 is 2.40 bits per heavy atom. The maximum absolute atomic E-state index is 11.7. The molecule has 0 fully saturated rings. The van der Waals surface area contributed by atoms with Gasteiger partial charge in [0.15, 0.2) is 6.61 Å². The fraction of sp³-hybridized carbons (Fsp3) is 0.263. The van der Waals surface area contributed by atoms with Crippen LogP contribution in [-0.4, -0.2) is 25.3 Å². The van der Waals surface area contributed by atoms with Gasteiger partial charge in [-0.3, -0.25) is 4.79 Å². The number of benzene rings is 2. The maximum atomic E-state index is 11.7. The second-order valence-electron chi connectivity index (χ2n) is 5.31. The third kappa shape index (κ3) is 7.39. The maximum Gasteiger partial charge on any atom is 0.277 e. The summed E-state index contributed by atoms with van der Waals surface area (Å²) in [6, 6.07) is 14.8. The lowest BCUT2D eigenvalue weighted by atomic mass is 10.2. The highest BCUT2D eigenvalue weighted by Crippen LogP contribution is 2.15. The first-order chi connectivity index (χ1) is 12.2. The van der Waals surface area contributed by atoms with Crippen LogP contribution in [0.25, 0.3) is 0 Å². The van der Waals surface area contributed by atoms with E-state index in [1.807, 2.05) is 36.4 Å². The Kier molecular flexibility index (Phi) is 7.98. The van der Waals surface area contributed by atoms with Crippen molar-refractivity contribution in [1.82, 2.24) is 5.43 Å². The highest BCUT2D eigenvalue weighted by Gasteiger charge is 2.01. The molecule has 2 rings (SSSR count).